The molecule has 21 heavy (non-hydrogen) atoms. The summed E-state index contributed by atoms with van der Waals surface area (Å²) in [5, 5.41) is 14.3. The number of benzene rings is 1. The Morgan fingerprint density at radius 1 is 1.38 bits per heavy atom. The summed E-state index contributed by atoms with van der Waals surface area (Å²) in [5.74, 6) is 0.337. The van der Waals surface area contributed by atoms with Gasteiger partial charge >= 0.3 is 6.03 Å². The number of amides is 2. The summed E-state index contributed by atoms with van der Waals surface area (Å²) >= 11 is 0. The van der Waals surface area contributed by atoms with Crippen LogP contribution in [0.15, 0.2) is 24.3 Å². The number of carbonyl (C=O) groups excluding carboxylic acids is 1. The van der Waals surface area contributed by atoms with Crippen LogP contribution in [0, 0.1) is 0 Å². The van der Waals surface area contributed by atoms with Crippen molar-refractivity contribution < 1.29 is 23.4 Å². The molecule has 0 saturated carbocycles. The molecule has 0 bridgehead atoms. The van der Waals surface area contributed by atoms with Gasteiger partial charge in [-0.1, -0.05) is 12.1 Å². The van der Waals surface area contributed by atoms with Gasteiger partial charge in [-0.2, -0.15) is 0 Å². The molecule has 0 aliphatic carbocycles. The van der Waals surface area contributed by atoms with Crippen LogP contribution >= 0.6 is 0 Å². The van der Waals surface area contributed by atoms with Gasteiger partial charge in [-0.05, 0) is 31.0 Å². The summed E-state index contributed by atoms with van der Waals surface area (Å²) in [4.78, 5) is 11.5. The Morgan fingerprint density at radius 2 is 2.14 bits per heavy atom. The van der Waals surface area contributed by atoms with Crippen LogP contribution in [-0.4, -0.2) is 36.8 Å². The molecule has 0 aliphatic rings. The first-order valence-electron chi connectivity index (χ1n) is 6.67. The molecular formula is C14H20F2N2O3. The predicted molar refractivity (Wildman–Crippen MR) is 74.5 cm³/mol. The summed E-state index contributed by atoms with van der Waals surface area (Å²) in [6.07, 6.45) is -2.51. The Kier molecular flexibility index (Phi) is 7.45. The zero-order chi connectivity index (χ0) is 15.7. The number of urea groups is 1. The normalized spacial score (nSPS) is 12.0. The Morgan fingerprint density at radius 3 is 2.81 bits per heavy atom. The summed E-state index contributed by atoms with van der Waals surface area (Å²) in [5.41, 5.74) is 0.743. The van der Waals surface area contributed by atoms with Gasteiger partial charge in [0.1, 0.15) is 12.4 Å². The summed E-state index contributed by atoms with van der Waals surface area (Å²) in [6, 6.07) is 6.25. The van der Waals surface area contributed by atoms with Crippen molar-refractivity contribution in [2.24, 2.45) is 0 Å². The third kappa shape index (κ3) is 8.09. The van der Waals surface area contributed by atoms with Crippen molar-refractivity contribution in [1.29, 1.82) is 0 Å². The second-order valence-corrected chi connectivity index (χ2v) is 4.60. The van der Waals surface area contributed by atoms with Gasteiger partial charge in [0.05, 0.1) is 6.10 Å². The maximum atomic E-state index is 12.0. The quantitative estimate of drug-likeness (QED) is 0.687. The van der Waals surface area contributed by atoms with E-state index in [-0.39, 0.29) is 12.6 Å². The molecule has 0 fully saturated rings. The number of ether oxygens (including phenoxy) is 1. The molecule has 1 unspecified atom stereocenters. The van der Waals surface area contributed by atoms with Crippen molar-refractivity contribution in [2.75, 3.05) is 13.2 Å². The first-order chi connectivity index (χ1) is 9.97. The van der Waals surface area contributed by atoms with E-state index in [0.717, 1.165) is 5.56 Å². The fourth-order valence-corrected chi connectivity index (χ4v) is 1.54. The maximum Gasteiger partial charge on any atom is 0.315 e. The zero-order valence-electron chi connectivity index (χ0n) is 11.8. The molecule has 1 aromatic rings. The van der Waals surface area contributed by atoms with Crippen LogP contribution in [0.4, 0.5) is 13.6 Å². The third-order valence-corrected chi connectivity index (χ3v) is 2.58. The highest BCUT2D eigenvalue weighted by molar-refractivity contribution is 5.73. The number of halogens is 2. The van der Waals surface area contributed by atoms with Gasteiger partial charge in [0.2, 0.25) is 0 Å². The zero-order valence-corrected chi connectivity index (χ0v) is 11.8. The van der Waals surface area contributed by atoms with E-state index in [0.29, 0.717) is 18.7 Å². The highest BCUT2D eigenvalue weighted by atomic mass is 19.3. The third-order valence-electron chi connectivity index (χ3n) is 2.58. The number of hydrogen-bond donors (Lipinski definition) is 3. The molecular weight excluding hydrogens is 282 g/mol. The van der Waals surface area contributed by atoms with E-state index < -0.39 is 19.1 Å². The number of aliphatic hydroxyl groups excluding tert-OH is 1. The Bertz CT molecular complexity index is 442. The molecule has 0 spiro atoms. The summed E-state index contributed by atoms with van der Waals surface area (Å²) in [6.45, 7) is 1.62. The molecule has 1 aromatic carbocycles. The van der Waals surface area contributed by atoms with Crippen molar-refractivity contribution in [3.8, 4) is 5.75 Å². The second kappa shape index (κ2) is 9.12. The topological polar surface area (TPSA) is 70.6 Å². The van der Waals surface area contributed by atoms with E-state index in [2.05, 4.69) is 10.6 Å². The van der Waals surface area contributed by atoms with Crippen LogP contribution in [0.25, 0.3) is 0 Å². The number of carbonyl (C=O) groups is 1. The van der Waals surface area contributed by atoms with E-state index in [1.165, 1.54) is 0 Å². The van der Waals surface area contributed by atoms with Crippen LogP contribution in [0.3, 0.4) is 0 Å². The average Bonchev–Trinajstić information content (AvgIpc) is 2.43. The van der Waals surface area contributed by atoms with Gasteiger partial charge in [-0.15, -0.1) is 0 Å². The number of aliphatic hydroxyl groups is 1. The SMILES string of the molecule is CC(O)CCNC(=O)NCc1cccc(OCC(F)F)c1. The Labute approximate surface area is 122 Å². The van der Waals surface area contributed by atoms with Crippen molar-refractivity contribution >= 4 is 6.03 Å². The molecule has 7 heteroatoms. The van der Waals surface area contributed by atoms with E-state index >= 15 is 0 Å². The molecule has 0 saturated heterocycles. The van der Waals surface area contributed by atoms with Gasteiger partial charge < -0.3 is 20.5 Å². The summed E-state index contributed by atoms with van der Waals surface area (Å²) < 4.78 is 29.0. The first-order valence-corrected chi connectivity index (χ1v) is 6.67. The number of nitrogens with one attached hydrogen (secondary N) is 2. The van der Waals surface area contributed by atoms with Crippen LogP contribution in [0.5, 0.6) is 5.75 Å². The van der Waals surface area contributed by atoms with E-state index in [9.17, 15) is 13.6 Å². The standard InChI is InChI=1S/C14H20F2N2O3/c1-10(19)5-6-17-14(20)18-8-11-3-2-4-12(7-11)21-9-13(15)16/h2-4,7,10,13,19H,5-6,8-9H2,1H3,(H2,17,18,20). The van der Waals surface area contributed by atoms with E-state index in [1.807, 2.05) is 0 Å². The molecule has 0 heterocycles. The number of hydrogen-bond acceptors (Lipinski definition) is 3. The first kappa shape index (κ1) is 17.2. The van der Waals surface area contributed by atoms with Crippen LogP contribution in [-0.2, 0) is 6.54 Å². The molecule has 118 valence electrons. The van der Waals surface area contributed by atoms with Gasteiger partial charge in [0, 0.05) is 13.1 Å². The Balaban J connectivity index is 2.34. The van der Waals surface area contributed by atoms with Gasteiger partial charge in [-0.3, -0.25) is 0 Å². The second-order valence-electron chi connectivity index (χ2n) is 4.60. The van der Waals surface area contributed by atoms with Crippen LogP contribution in [0.2, 0.25) is 0 Å². The van der Waals surface area contributed by atoms with Crippen molar-refractivity contribution in [1.82, 2.24) is 10.6 Å². The predicted octanol–water partition coefficient (Wildman–Crippen LogP) is 1.90. The van der Waals surface area contributed by atoms with Crippen molar-refractivity contribution in [2.45, 2.75) is 32.4 Å². The molecule has 1 atom stereocenters. The van der Waals surface area contributed by atoms with Gasteiger partial charge in [0.15, 0.2) is 0 Å². The van der Waals surface area contributed by atoms with Crippen molar-refractivity contribution in [3.63, 3.8) is 0 Å². The highest BCUT2D eigenvalue weighted by Gasteiger charge is 2.05. The molecule has 2 amide bonds. The van der Waals surface area contributed by atoms with Gasteiger partial charge in [0.25, 0.3) is 6.43 Å². The highest BCUT2D eigenvalue weighted by Crippen LogP contribution is 2.14. The minimum absolute atomic E-state index is 0.256. The molecule has 0 aliphatic heterocycles. The van der Waals surface area contributed by atoms with Gasteiger partial charge in [-0.25, -0.2) is 13.6 Å². The lowest BCUT2D eigenvalue weighted by Crippen LogP contribution is -2.36. The molecule has 3 N–H and O–H groups in total. The number of rotatable bonds is 8. The fourth-order valence-electron chi connectivity index (χ4n) is 1.54. The fraction of sp³-hybridized carbons (Fsp3) is 0.500. The Hall–Kier alpha value is -1.89. The molecule has 1 rings (SSSR count). The summed E-state index contributed by atoms with van der Waals surface area (Å²) in [7, 11) is 0. The van der Waals surface area contributed by atoms with Crippen molar-refractivity contribution in [3.05, 3.63) is 29.8 Å². The lowest BCUT2D eigenvalue weighted by Gasteiger charge is -2.10. The largest absolute Gasteiger partial charge is 0.488 e. The number of alkyl halides is 2. The minimum atomic E-state index is -2.52. The lowest BCUT2D eigenvalue weighted by atomic mass is 10.2. The van der Waals surface area contributed by atoms with E-state index in [1.54, 1.807) is 31.2 Å². The maximum absolute atomic E-state index is 12.0. The molecule has 0 radical (unpaired) electrons. The smallest absolute Gasteiger partial charge is 0.315 e. The lowest BCUT2D eigenvalue weighted by molar-refractivity contribution is 0.0818. The minimum Gasteiger partial charge on any atom is -0.488 e. The van der Waals surface area contributed by atoms with E-state index in [4.69, 9.17) is 9.84 Å². The monoisotopic (exact) mass is 302 g/mol. The average molecular weight is 302 g/mol. The molecule has 0 aromatic heterocycles. The molecule has 5 nitrogen and oxygen atoms in total. The van der Waals surface area contributed by atoms with Crippen LogP contribution < -0.4 is 15.4 Å². The van der Waals surface area contributed by atoms with Crippen LogP contribution in [0.1, 0.15) is 18.9 Å².